The summed E-state index contributed by atoms with van der Waals surface area (Å²) in [5.41, 5.74) is -2.71. The van der Waals surface area contributed by atoms with E-state index in [2.05, 4.69) is 10.2 Å². The van der Waals surface area contributed by atoms with Crippen LogP contribution in [0.2, 0.25) is 0 Å². The van der Waals surface area contributed by atoms with E-state index >= 15 is 0 Å². The summed E-state index contributed by atoms with van der Waals surface area (Å²) < 4.78 is 44.9. The van der Waals surface area contributed by atoms with Gasteiger partial charge in [0, 0.05) is 11.5 Å². The Morgan fingerprint density at radius 1 is 1.38 bits per heavy atom. The molecule has 2 atom stereocenters. The maximum absolute atomic E-state index is 13.1. The minimum Gasteiger partial charge on any atom is -0.480 e. The largest absolute Gasteiger partial charge is 0.480 e. The predicted molar refractivity (Wildman–Crippen MR) is 90.9 cm³/mol. The van der Waals surface area contributed by atoms with Gasteiger partial charge in [-0.3, -0.25) is 4.79 Å². The van der Waals surface area contributed by atoms with Crippen molar-refractivity contribution < 1.29 is 27.8 Å². The second kappa shape index (κ2) is 8.41. The van der Waals surface area contributed by atoms with Crippen LogP contribution < -0.4 is 10.1 Å². The van der Waals surface area contributed by atoms with Crippen LogP contribution in [0.5, 0.6) is 5.75 Å². The van der Waals surface area contributed by atoms with Crippen molar-refractivity contribution in [1.82, 2.24) is 5.32 Å². The zero-order valence-electron chi connectivity index (χ0n) is 15.1. The molecule has 5 nitrogen and oxygen atoms in total. The number of ether oxygens (including phenoxy) is 1. The number of benzene rings is 1. The molecule has 0 bridgehead atoms. The molecule has 0 aliphatic rings. The molecule has 0 unspecified atom stereocenters. The molecule has 0 saturated carbocycles. The Bertz CT molecular complexity index is 681. The van der Waals surface area contributed by atoms with Gasteiger partial charge in [0.15, 0.2) is 11.8 Å². The highest BCUT2D eigenvalue weighted by Crippen LogP contribution is 2.39. The van der Waals surface area contributed by atoms with Crippen LogP contribution in [0.3, 0.4) is 0 Å². The molecular formula is C18H23F3N2O3. The maximum atomic E-state index is 13.1. The quantitative estimate of drug-likeness (QED) is 0.713. The molecule has 0 radical (unpaired) electrons. The van der Waals surface area contributed by atoms with Crippen molar-refractivity contribution in [3.8, 4) is 5.75 Å². The summed E-state index contributed by atoms with van der Waals surface area (Å²) in [5.74, 6) is -0.725. The first kappa shape index (κ1) is 21.8. The zero-order valence-corrected chi connectivity index (χ0v) is 15.1. The number of rotatable bonds is 7. The molecule has 1 amide bonds. The summed E-state index contributed by atoms with van der Waals surface area (Å²) in [6, 6.07) is 2.75. The fourth-order valence-corrected chi connectivity index (χ4v) is 2.12. The van der Waals surface area contributed by atoms with E-state index in [1.54, 1.807) is 20.8 Å². The lowest BCUT2D eigenvalue weighted by Gasteiger charge is -2.32. The summed E-state index contributed by atoms with van der Waals surface area (Å²) in [4.78, 5) is 15.4. The van der Waals surface area contributed by atoms with E-state index in [1.807, 2.05) is 6.92 Å². The molecule has 1 rings (SSSR count). The Balaban J connectivity index is 3.24. The lowest BCUT2D eigenvalue weighted by atomic mass is 9.86. The van der Waals surface area contributed by atoms with Gasteiger partial charge in [0.05, 0.1) is 18.7 Å². The Morgan fingerprint density at radius 2 is 2.00 bits per heavy atom. The third-order valence-corrected chi connectivity index (χ3v) is 4.00. The number of carbonyl (C=O) groups excluding carboxylic acids is 1. The van der Waals surface area contributed by atoms with Gasteiger partial charge in [0.25, 0.3) is 5.91 Å². The molecule has 0 aliphatic heterocycles. The smallest absolute Gasteiger partial charge is 0.407 e. The monoisotopic (exact) mass is 372 g/mol. The minimum atomic E-state index is -4.72. The van der Waals surface area contributed by atoms with Crippen molar-refractivity contribution in [1.29, 1.82) is 0 Å². The van der Waals surface area contributed by atoms with Crippen LogP contribution in [0.15, 0.2) is 18.2 Å². The number of aliphatic hydroxyl groups is 1. The Kier molecular flexibility index (Phi) is 7.04. The number of hydrogen-bond donors (Lipinski definition) is 2. The van der Waals surface area contributed by atoms with Crippen molar-refractivity contribution in [2.24, 2.45) is 5.41 Å². The average molecular weight is 372 g/mol. The van der Waals surface area contributed by atoms with Gasteiger partial charge in [0.1, 0.15) is 5.75 Å². The molecule has 0 aliphatic carbocycles. The van der Waals surface area contributed by atoms with Gasteiger partial charge in [-0.05, 0) is 25.5 Å². The molecule has 26 heavy (non-hydrogen) atoms. The molecule has 0 spiro atoms. The molecule has 0 fully saturated rings. The number of amides is 1. The fraction of sp³-hybridized carbons (Fsp3) is 0.556. The molecule has 2 N–H and O–H groups in total. The summed E-state index contributed by atoms with van der Waals surface area (Å²) in [5, 5.41) is 12.3. The molecule has 1 aromatic rings. The molecule has 1 aromatic carbocycles. The van der Waals surface area contributed by atoms with Crippen LogP contribution in [-0.4, -0.2) is 29.8 Å². The van der Waals surface area contributed by atoms with Crippen molar-refractivity contribution in [2.75, 3.05) is 6.61 Å². The number of halogens is 3. The molecular weight excluding hydrogens is 349 g/mol. The van der Waals surface area contributed by atoms with E-state index in [9.17, 15) is 23.1 Å². The minimum absolute atomic E-state index is 0.154. The van der Waals surface area contributed by atoms with E-state index in [0.29, 0.717) is 12.5 Å². The lowest BCUT2D eigenvalue weighted by Crippen LogP contribution is -2.51. The van der Waals surface area contributed by atoms with Crippen LogP contribution in [0, 0.1) is 12.0 Å². The van der Waals surface area contributed by atoms with E-state index in [-0.39, 0.29) is 11.8 Å². The number of hydrogen-bond acceptors (Lipinski definition) is 3. The number of alkyl halides is 3. The first-order valence-electron chi connectivity index (χ1n) is 8.12. The van der Waals surface area contributed by atoms with Crippen LogP contribution in [0.4, 0.5) is 18.9 Å². The Hall–Kier alpha value is -2.27. The Labute approximate surface area is 151 Å². The highest BCUT2D eigenvalue weighted by molar-refractivity contribution is 5.82. The second-order valence-corrected chi connectivity index (χ2v) is 6.75. The topological polar surface area (TPSA) is 62.9 Å². The SMILES string of the molecule is [C-]#[N+]c1ccc(O[C@@H](C(=O)N[C@@H](C)CC)C(C)(C)CO)cc1C(F)(F)F. The first-order valence-corrected chi connectivity index (χ1v) is 8.12. The van der Waals surface area contributed by atoms with Crippen LogP contribution in [0.25, 0.3) is 4.85 Å². The van der Waals surface area contributed by atoms with Crippen molar-refractivity contribution in [2.45, 2.75) is 52.4 Å². The molecule has 8 heteroatoms. The van der Waals surface area contributed by atoms with Gasteiger partial charge in [-0.25, -0.2) is 4.85 Å². The normalized spacial score (nSPS) is 14.3. The average Bonchev–Trinajstić information content (AvgIpc) is 2.58. The van der Waals surface area contributed by atoms with E-state index in [0.717, 1.165) is 6.07 Å². The molecule has 0 heterocycles. The van der Waals surface area contributed by atoms with Crippen molar-refractivity contribution >= 4 is 11.6 Å². The van der Waals surface area contributed by atoms with Crippen molar-refractivity contribution in [3.63, 3.8) is 0 Å². The van der Waals surface area contributed by atoms with Gasteiger partial charge in [-0.2, -0.15) is 13.2 Å². The fourth-order valence-electron chi connectivity index (χ4n) is 2.12. The third kappa shape index (κ3) is 5.36. The number of aliphatic hydroxyl groups excluding tert-OH is 1. The van der Waals surface area contributed by atoms with Crippen LogP contribution in [-0.2, 0) is 11.0 Å². The van der Waals surface area contributed by atoms with E-state index in [4.69, 9.17) is 11.3 Å². The van der Waals surface area contributed by atoms with Gasteiger partial charge < -0.3 is 15.2 Å². The summed E-state index contributed by atoms with van der Waals surface area (Å²) in [7, 11) is 0. The number of nitrogens with zero attached hydrogens (tertiary/aromatic N) is 1. The van der Waals surface area contributed by atoms with Crippen LogP contribution >= 0.6 is 0 Å². The van der Waals surface area contributed by atoms with E-state index in [1.165, 1.54) is 6.07 Å². The molecule has 144 valence electrons. The summed E-state index contributed by atoms with van der Waals surface area (Å²) in [6.07, 6.45) is -5.27. The van der Waals surface area contributed by atoms with Gasteiger partial charge >= 0.3 is 6.18 Å². The number of nitrogens with one attached hydrogen (secondary N) is 1. The second-order valence-electron chi connectivity index (χ2n) is 6.75. The highest BCUT2D eigenvalue weighted by Gasteiger charge is 2.38. The molecule has 0 aromatic heterocycles. The number of carbonyl (C=O) groups is 1. The standard InChI is InChI=1S/C18H23F3N2O3/c1-6-11(2)23-16(25)15(17(3,4)10-24)26-12-7-8-14(22-5)13(9-12)18(19,20)21/h7-9,11,15,24H,6,10H2,1-4H3,(H,23,25)/t11-,15-/m0/s1. The third-order valence-electron chi connectivity index (χ3n) is 4.00. The summed E-state index contributed by atoms with van der Waals surface area (Å²) in [6.45, 7) is 13.3. The first-order chi connectivity index (χ1) is 12.0. The lowest BCUT2D eigenvalue weighted by molar-refractivity contribution is -0.137. The van der Waals surface area contributed by atoms with Gasteiger partial charge in [0.2, 0.25) is 0 Å². The maximum Gasteiger partial charge on any atom is 0.407 e. The zero-order chi connectivity index (χ0) is 20.1. The highest BCUT2D eigenvalue weighted by atomic mass is 19.4. The van der Waals surface area contributed by atoms with Crippen LogP contribution in [0.1, 0.15) is 39.7 Å². The predicted octanol–water partition coefficient (Wildman–Crippen LogP) is 3.94. The Morgan fingerprint density at radius 3 is 2.46 bits per heavy atom. The molecule has 0 saturated heterocycles. The summed E-state index contributed by atoms with van der Waals surface area (Å²) >= 11 is 0. The van der Waals surface area contributed by atoms with Gasteiger partial charge in [-0.1, -0.05) is 26.8 Å². The van der Waals surface area contributed by atoms with E-state index < -0.39 is 41.5 Å². The van der Waals surface area contributed by atoms with Gasteiger partial charge in [-0.15, -0.1) is 0 Å². The van der Waals surface area contributed by atoms with Crippen molar-refractivity contribution in [3.05, 3.63) is 35.2 Å².